The molecular weight excluding hydrogens is 348 g/mol. The summed E-state index contributed by atoms with van der Waals surface area (Å²) >= 11 is 6.09. The maximum Gasteiger partial charge on any atom is 0.274 e. The Bertz CT molecular complexity index is 943. The molecule has 5 nitrogen and oxygen atoms in total. The third-order valence-electron chi connectivity index (χ3n) is 3.91. The van der Waals surface area contributed by atoms with Gasteiger partial charge >= 0.3 is 0 Å². The van der Waals surface area contributed by atoms with Crippen LogP contribution in [0.4, 0.5) is 11.6 Å². The van der Waals surface area contributed by atoms with E-state index >= 15 is 0 Å². The minimum Gasteiger partial charge on any atom is -0.350 e. The van der Waals surface area contributed by atoms with Crippen LogP contribution in [0.3, 0.4) is 0 Å². The van der Waals surface area contributed by atoms with Crippen LogP contribution in [0, 0.1) is 13.8 Å². The van der Waals surface area contributed by atoms with Crippen LogP contribution >= 0.6 is 11.6 Å². The van der Waals surface area contributed by atoms with Gasteiger partial charge in [0.2, 0.25) is 5.95 Å². The summed E-state index contributed by atoms with van der Waals surface area (Å²) in [6.45, 7) is 4.46. The summed E-state index contributed by atoms with van der Waals surface area (Å²) < 4.78 is 0. The van der Waals surface area contributed by atoms with Gasteiger partial charge in [-0.25, -0.2) is 9.97 Å². The maximum absolute atomic E-state index is 12.5. The Hall–Kier alpha value is -2.92. The Morgan fingerprint density at radius 3 is 2.54 bits per heavy atom. The summed E-state index contributed by atoms with van der Waals surface area (Å²) in [4.78, 5) is 21.2. The SMILES string of the molecule is Cc1cc(C(=O)Nc2ccccc2Cl)nc(NCc2ccccc2C)n1. The van der Waals surface area contributed by atoms with Crippen molar-refractivity contribution in [3.05, 3.63) is 82.1 Å². The van der Waals surface area contributed by atoms with E-state index in [9.17, 15) is 4.79 Å². The second-order valence-corrected chi connectivity index (χ2v) is 6.34. The van der Waals surface area contributed by atoms with Gasteiger partial charge in [0.25, 0.3) is 5.91 Å². The highest BCUT2D eigenvalue weighted by molar-refractivity contribution is 6.33. The van der Waals surface area contributed by atoms with Crippen LogP contribution in [-0.2, 0) is 6.54 Å². The van der Waals surface area contributed by atoms with E-state index in [2.05, 4.69) is 33.6 Å². The lowest BCUT2D eigenvalue weighted by molar-refractivity contribution is 0.102. The molecule has 1 amide bonds. The van der Waals surface area contributed by atoms with Gasteiger partial charge in [0.1, 0.15) is 5.69 Å². The average Bonchev–Trinajstić information content (AvgIpc) is 2.62. The Labute approximate surface area is 157 Å². The van der Waals surface area contributed by atoms with Gasteiger partial charge in [-0.15, -0.1) is 0 Å². The van der Waals surface area contributed by atoms with Crippen LogP contribution in [0.1, 0.15) is 27.3 Å². The van der Waals surface area contributed by atoms with E-state index in [0.29, 0.717) is 28.9 Å². The standard InChI is InChI=1S/C20H19ClN4O/c1-13-7-3-4-8-15(13)12-22-20-23-14(2)11-18(25-20)19(26)24-17-10-6-5-9-16(17)21/h3-11H,12H2,1-2H3,(H,24,26)(H,22,23,25). The molecule has 0 bridgehead atoms. The molecule has 0 aliphatic heterocycles. The number of aryl methyl sites for hydroxylation is 2. The highest BCUT2D eigenvalue weighted by atomic mass is 35.5. The number of benzene rings is 2. The number of nitrogens with zero attached hydrogens (tertiary/aromatic N) is 2. The predicted molar refractivity (Wildman–Crippen MR) is 105 cm³/mol. The number of rotatable bonds is 5. The zero-order valence-corrected chi connectivity index (χ0v) is 15.3. The van der Waals surface area contributed by atoms with Crippen molar-refractivity contribution in [1.82, 2.24) is 9.97 Å². The number of anilines is 2. The fourth-order valence-electron chi connectivity index (χ4n) is 2.50. The van der Waals surface area contributed by atoms with Gasteiger partial charge in [-0.1, -0.05) is 48.0 Å². The normalized spacial score (nSPS) is 10.4. The van der Waals surface area contributed by atoms with E-state index in [1.807, 2.05) is 31.2 Å². The number of hydrogen-bond donors (Lipinski definition) is 2. The maximum atomic E-state index is 12.5. The summed E-state index contributed by atoms with van der Waals surface area (Å²) in [6.07, 6.45) is 0. The summed E-state index contributed by atoms with van der Waals surface area (Å²) in [6, 6.07) is 16.8. The molecule has 0 fully saturated rings. The van der Waals surface area contributed by atoms with Crippen molar-refractivity contribution in [3.8, 4) is 0 Å². The van der Waals surface area contributed by atoms with Gasteiger partial charge in [-0.05, 0) is 43.2 Å². The van der Waals surface area contributed by atoms with E-state index in [1.54, 1.807) is 24.3 Å². The van der Waals surface area contributed by atoms with Crippen LogP contribution in [0.15, 0.2) is 54.6 Å². The Morgan fingerprint density at radius 2 is 1.77 bits per heavy atom. The molecule has 6 heteroatoms. The van der Waals surface area contributed by atoms with E-state index in [-0.39, 0.29) is 11.6 Å². The first-order valence-electron chi connectivity index (χ1n) is 8.23. The molecule has 2 aromatic carbocycles. The summed E-state index contributed by atoms with van der Waals surface area (Å²) in [7, 11) is 0. The Kier molecular flexibility index (Phi) is 5.49. The molecule has 1 aromatic heterocycles. The van der Waals surface area contributed by atoms with Crippen LogP contribution < -0.4 is 10.6 Å². The highest BCUT2D eigenvalue weighted by Crippen LogP contribution is 2.21. The van der Waals surface area contributed by atoms with E-state index in [1.165, 1.54) is 5.56 Å². The fourth-order valence-corrected chi connectivity index (χ4v) is 2.68. The number of amides is 1. The lowest BCUT2D eigenvalue weighted by Gasteiger charge is -2.10. The molecule has 1 heterocycles. The zero-order valence-electron chi connectivity index (χ0n) is 14.6. The van der Waals surface area contributed by atoms with Crippen molar-refractivity contribution in [2.24, 2.45) is 0 Å². The minimum atomic E-state index is -0.331. The third-order valence-corrected chi connectivity index (χ3v) is 4.24. The number of para-hydroxylation sites is 1. The van der Waals surface area contributed by atoms with Gasteiger partial charge in [0.05, 0.1) is 10.7 Å². The van der Waals surface area contributed by atoms with Crippen molar-refractivity contribution >= 4 is 29.1 Å². The number of nitrogens with one attached hydrogen (secondary N) is 2. The predicted octanol–water partition coefficient (Wildman–Crippen LogP) is 4.61. The number of hydrogen-bond acceptors (Lipinski definition) is 4. The molecule has 132 valence electrons. The van der Waals surface area contributed by atoms with Crippen LogP contribution in [0.5, 0.6) is 0 Å². The molecule has 0 atom stereocenters. The van der Waals surface area contributed by atoms with Gasteiger partial charge < -0.3 is 10.6 Å². The third kappa shape index (κ3) is 4.37. The second-order valence-electron chi connectivity index (χ2n) is 5.93. The van der Waals surface area contributed by atoms with Crippen molar-refractivity contribution < 1.29 is 4.79 Å². The quantitative estimate of drug-likeness (QED) is 0.691. The van der Waals surface area contributed by atoms with Crippen molar-refractivity contribution in [2.75, 3.05) is 10.6 Å². The molecule has 3 rings (SSSR count). The van der Waals surface area contributed by atoms with E-state index < -0.39 is 0 Å². The molecule has 26 heavy (non-hydrogen) atoms. The van der Waals surface area contributed by atoms with Gasteiger partial charge in [-0.2, -0.15) is 0 Å². The first kappa shape index (κ1) is 17.9. The van der Waals surface area contributed by atoms with Crippen LogP contribution in [0.2, 0.25) is 5.02 Å². The van der Waals surface area contributed by atoms with Gasteiger partial charge in [-0.3, -0.25) is 4.79 Å². The second kappa shape index (κ2) is 7.97. The Balaban J connectivity index is 1.76. The average molecular weight is 367 g/mol. The van der Waals surface area contributed by atoms with E-state index in [4.69, 9.17) is 11.6 Å². The number of aromatic nitrogens is 2. The first-order valence-corrected chi connectivity index (χ1v) is 8.60. The summed E-state index contributed by atoms with van der Waals surface area (Å²) in [5.41, 5.74) is 3.87. The minimum absolute atomic E-state index is 0.282. The lowest BCUT2D eigenvalue weighted by atomic mass is 10.1. The number of halogens is 1. The van der Waals surface area contributed by atoms with Crippen LogP contribution in [0.25, 0.3) is 0 Å². The molecule has 3 aromatic rings. The van der Waals surface area contributed by atoms with E-state index in [0.717, 1.165) is 5.56 Å². The fraction of sp³-hybridized carbons (Fsp3) is 0.150. The molecule has 0 saturated heterocycles. The van der Waals surface area contributed by atoms with Gasteiger partial charge in [0, 0.05) is 12.2 Å². The van der Waals surface area contributed by atoms with Crippen molar-refractivity contribution in [2.45, 2.75) is 20.4 Å². The summed E-state index contributed by atoms with van der Waals surface area (Å²) in [5.74, 6) is 0.0834. The zero-order chi connectivity index (χ0) is 18.5. The molecule has 2 N–H and O–H groups in total. The van der Waals surface area contributed by atoms with Gasteiger partial charge in [0.15, 0.2) is 0 Å². The Morgan fingerprint density at radius 1 is 1.04 bits per heavy atom. The molecule has 0 radical (unpaired) electrons. The smallest absolute Gasteiger partial charge is 0.274 e. The number of carbonyl (C=O) groups is 1. The number of carbonyl (C=O) groups excluding carboxylic acids is 1. The topological polar surface area (TPSA) is 66.9 Å². The van der Waals surface area contributed by atoms with Crippen molar-refractivity contribution in [3.63, 3.8) is 0 Å². The lowest BCUT2D eigenvalue weighted by Crippen LogP contribution is -2.16. The van der Waals surface area contributed by atoms with Crippen molar-refractivity contribution in [1.29, 1.82) is 0 Å². The monoisotopic (exact) mass is 366 g/mol. The summed E-state index contributed by atoms with van der Waals surface area (Å²) in [5, 5.41) is 6.44. The first-order chi connectivity index (χ1) is 12.5. The molecule has 0 aliphatic rings. The molecule has 0 spiro atoms. The largest absolute Gasteiger partial charge is 0.350 e. The molecule has 0 unspecified atom stereocenters. The highest BCUT2D eigenvalue weighted by Gasteiger charge is 2.12. The van der Waals surface area contributed by atoms with Crippen LogP contribution in [-0.4, -0.2) is 15.9 Å². The molecule has 0 aliphatic carbocycles. The molecular formula is C20H19ClN4O. The molecule has 0 saturated carbocycles.